The first kappa shape index (κ1) is 21.6. The Balaban J connectivity index is 0.000000237. The van der Waals surface area contributed by atoms with E-state index in [-0.39, 0.29) is 17.1 Å². The lowest BCUT2D eigenvalue weighted by molar-refractivity contribution is 0.0696. The number of benzene rings is 2. The number of aromatic carboxylic acids is 1. The van der Waals surface area contributed by atoms with Crippen LogP contribution in [0.3, 0.4) is 0 Å². The maximum Gasteiger partial charge on any atom is 0.335 e. The minimum absolute atomic E-state index is 0.0905. The Hall–Kier alpha value is -2.66. The fourth-order valence-corrected chi connectivity index (χ4v) is 3.41. The molecule has 150 valence electrons. The highest BCUT2D eigenvalue weighted by molar-refractivity contribution is 6.09. The van der Waals surface area contributed by atoms with Crippen LogP contribution in [0.15, 0.2) is 48.5 Å². The fourth-order valence-electron chi connectivity index (χ4n) is 3.41. The van der Waals surface area contributed by atoms with E-state index in [1.807, 2.05) is 0 Å². The second-order valence-corrected chi connectivity index (χ2v) is 7.33. The lowest BCUT2D eigenvalue weighted by Crippen LogP contribution is -2.23. The maximum absolute atomic E-state index is 12.0. The zero-order valence-corrected chi connectivity index (χ0v) is 16.5. The van der Waals surface area contributed by atoms with Crippen LogP contribution in [-0.4, -0.2) is 35.1 Å². The van der Waals surface area contributed by atoms with Crippen LogP contribution in [0.4, 0.5) is 0 Å². The van der Waals surface area contributed by atoms with E-state index < -0.39 is 5.97 Å². The van der Waals surface area contributed by atoms with Gasteiger partial charge in [0.2, 0.25) is 0 Å². The van der Waals surface area contributed by atoms with Crippen LogP contribution in [0.25, 0.3) is 0 Å². The molecule has 3 rings (SSSR count). The van der Waals surface area contributed by atoms with Gasteiger partial charge in [-0.3, -0.25) is 4.79 Å². The van der Waals surface area contributed by atoms with Crippen LogP contribution in [0.1, 0.15) is 65.3 Å². The molecule has 3 N–H and O–H groups in total. The number of aromatic hydroxyl groups is 1. The molecular weight excluding hydrogens is 354 g/mol. The van der Waals surface area contributed by atoms with Crippen molar-refractivity contribution in [3.63, 3.8) is 0 Å². The van der Waals surface area contributed by atoms with Gasteiger partial charge in [-0.15, -0.1) is 0 Å². The van der Waals surface area contributed by atoms with E-state index in [9.17, 15) is 9.59 Å². The second-order valence-electron chi connectivity index (χ2n) is 7.33. The molecule has 0 amide bonds. The van der Waals surface area contributed by atoms with E-state index in [0.717, 1.165) is 12.0 Å². The smallest absolute Gasteiger partial charge is 0.335 e. The van der Waals surface area contributed by atoms with Gasteiger partial charge >= 0.3 is 5.97 Å². The molecular formula is C23H29NO4. The average Bonchev–Trinajstić information content (AvgIpc) is 3.21. The number of phenolic OH excluding ortho intramolecular Hbond substituents is 1. The topological polar surface area (TPSA) is 86.6 Å². The minimum atomic E-state index is -1.03. The third-order valence-corrected chi connectivity index (χ3v) is 5.18. The second kappa shape index (κ2) is 10.6. The highest BCUT2D eigenvalue weighted by atomic mass is 16.4. The van der Waals surface area contributed by atoms with E-state index >= 15 is 0 Å². The molecule has 28 heavy (non-hydrogen) atoms. The van der Waals surface area contributed by atoms with Crippen molar-refractivity contribution >= 4 is 11.8 Å². The van der Waals surface area contributed by atoms with Gasteiger partial charge in [-0.1, -0.05) is 37.8 Å². The van der Waals surface area contributed by atoms with E-state index in [4.69, 9.17) is 10.2 Å². The van der Waals surface area contributed by atoms with E-state index in [0.29, 0.717) is 11.1 Å². The predicted octanol–water partition coefficient (Wildman–Crippen LogP) is 4.50. The van der Waals surface area contributed by atoms with Gasteiger partial charge in [-0.2, -0.15) is 0 Å². The van der Waals surface area contributed by atoms with Crippen molar-refractivity contribution in [1.82, 2.24) is 5.32 Å². The molecule has 1 aliphatic carbocycles. The summed E-state index contributed by atoms with van der Waals surface area (Å²) in [6.45, 7) is 2.28. The molecule has 0 aromatic heterocycles. The summed E-state index contributed by atoms with van der Waals surface area (Å²) in [5.41, 5.74) is 0.985. The number of hydrogen-bond donors (Lipinski definition) is 3. The molecule has 0 saturated heterocycles. The van der Waals surface area contributed by atoms with Crippen molar-refractivity contribution in [3.8, 4) is 5.75 Å². The Morgan fingerprint density at radius 2 is 1.43 bits per heavy atom. The van der Waals surface area contributed by atoms with Crippen LogP contribution in [-0.2, 0) is 0 Å². The largest absolute Gasteiger partial charge is 0.508 e. The molecule has 5 heteroatoms. The maximum atomic E-state index is 12.0. The Kier molecular flexibility index (Phi) is 8.20. The Labute approximate surface area is 166 Å². The Bertz CT molecular complexity index is 762. The molecule has 0 radical (unpaired) electrons. The molecule has 1 unspecified atom stereocenters. The number of nitrogens with one attached hydrogen (secondary N) is 1. The van der Waals surface area contributed by atoms with Crippen LogP contribution < -0.4 is 5.32 Å². The number of phenols is 1. The van der Waals surface area contributed by atoms with Gasteiger partial charge in [0.1, 0.15) is 5.75 Å². The van der Waals surface area contributed by atoms with E-state index in [1.54, 1.807) is 0 Å². The lowest BCUT2D eigenvalue weighted by atomic mass is 10.00. The number of carboxylic acid groups (broad SMARTS) is 1. The monoisotopic (exact) mass is 383 g/mol. The number of ketones is 1. The Morgan fingerprint density at radius 1 is 0.964 bits per heavy atom. The van der Waals surface area contributed by atoms with E-state index in [1.165, 1.54) is 80.6 Å². The average molecular weight is 383 g/mol. The number of rotatable bonds is 6. The van der Waals surface area contributed by atoms with Crippen molar-refractivity contribution in [2.45, 2.75) is 45.1 Å². The first-order valence-corrected chi connectivity index (χ1v) is 9.75. The highest BCUT2D eigenvalue weighted by Gasteiger charge is 2.16. The normalized spacial score (nSPS) is 14.8. The third kappa shape index (κ3) is 6.50. The summed E-state index contributed by atoms with van der Waals surface area (Å²) in [6, 6.07) is 12.3. The Morgan fingerprint density at radius 3 is 1.89 bits per heavy atom. The van der Waals surface area contributed by atoms with Gasteiger partial charge in [-0.05, 0) is 62.7 Å². The van der Waals surface area contributed by atoms with Crippen LogP contribution in [0, 0.1) is 5.92 Å². The number of carbonyl (C=O) groups excluding carboxylic acids is 1. The molecule has 2 aromatic rings. The van der Waals surface area contributed by atoms with Crippen molar-refractivity contribution in [2.75, 3.05) is 7.05 Å². The molecule has 1 fully saturated rings. The summed E-state index contributed by atoms with van der Waals surface area (Å²) in [7, 11) is 2.06. The predicted molar refractivity (Wildman–Crippen MR) is 110 cm³/mol. The zero-order chi connectivity index (χ0) is 20.5. The van der Waals surface area contributed by atoms with E-state index in [2.05, 4.69) is 19.3 Å². The summed E-state index contributed by atoms with van der Waals surface area (Å²) in [5, 5.41) is 21.2. The number of carbonyl (C=O) groups is 2. The summed E-state index contributed by atoms with van der Waals surface area (Å²) >= 11 is 0. The van der Waals surface area contributed by atoms with Crippen molar-refractivity contribution in [1.29, 1.82) is 0 Å². The number of hydrogen-bond acceptors (Lipinski definition) is 4. The minimum Gasteiger partial charge on any atom is -0.508 e. The molecule has 5 nitrogen and oxygen atoms in total. The molecule has 0 aliphatic heterocycles. The molecule has 0 heterocycles. The molecule has 1 aliphatic rings. The first-order chi connectivity index (χ1) is 13.4. The summed E-state index contributed by atoms with van der Waals surface area (Å²) in [4.78, 5) is 22.7. The molecule has 0 bridgehead atoms. The standard InChI is InChI=1S/C14H10O4.C9H19N/c15-12-7-5-10(6-8-12)13(16)9-1-3-11(4-2-9)14(17)18;1-8(10-2)7-9-5-3-4-6-9/h1-8,15H,(H,17,18);8-10H,3-7H2,1-2H3. The molecule has 2 aromatic carbocycles. The summed E-state index contributed by atoms with van der Waals surface area (Å²) in [6.07, 6.45) is 7.29. The first-order valence-electron chi connectivity index (χ1n) is 9.75. The van der Waals surface area contributed by atoms with Gasteiger partial charge in [-0.25, -0.2) is 4.79 Å². The van der Waals surface area contributed by atoms with Crippen molar-refractivity contribution < 1.29 is 19.8 Å². The van der Waals surface area contributed by atoms with Crippen LogP contribution in [0.2, 0.25) is 0 Å². The van der Waals surface area contributed by atoms with Gasteiger partial charge < -0.3 is 15.5 Å². The molecule has 1 atom stereocenters. The molecule has 1 saturated carbocycles. The quantitative estimate of drug-likeness (QED) is 0.640. The zero-order valence-electron chi connectivity index (χ0n) is 16.5. The van der Waals surface area contributed by atoms with Gasteiger partial charge in [0.15, 0.2) is 5.78 Å². The number of carboxylic acids is 1. The summed E-state index contributed by atoms with van der Waals surface area (Å²) < 4.78 is 0. The summed E-state index contributed by atoms with van der Waals surface area (Å²) in [5.74, 6) is -0.124. The van der Waals surface area contributed by atoms with Crippen LogP contribution in [0.5, 0.6) is 5.75 Å². The van der Waals surface area contributed by atoms with Crippen molar-refractivity contribution in [3.05, 3.63) is 65.2 Å². The lowest BCUT2D eigenvalue weighted by Gasteiger charge is -2.14. The van der Waals surface area contributed by atoms with Crippen LogP contribution >= 0.6 is 0 Å². The molecule has 0 spiro atoms. The SMILES string of the molecule is CNC(C)CC1CCCC1.O=C(O)c1ccc(C(=O)c2ccc(O)cc2)cc1. The van der Waals surface area contributed by atoms with Gasteiger partial charge in [0.05, 0.1) is 5.56 Å². The highest BCUT2D eigenvalue weighted by Crippen LogP contribution is 2.28. The van der Waals surface area contributed by atoms with Gasteiger partial charge in [0, 0.05) is 17.2 Å². The fraction of sp³-hybridized carbons (Fsp3) is 0.391. The van der Waals surface area contributed by atoms with Gasteiger partial charge in [0.25, 0.3) is 0 Å². The van der Waals surface area contributed by atoms with Crippen molar-refractivity contribution in [2.24, 2.45) is 5.92 Å². The third-order valence-electron chi connectivity index (χ3n) is 5.18.